The molecular weight excluding hydrogens is 1150 g/mol. The molecule has 1 rings (SSSR count). The average molecular weight is 1260 g/mol. The van der Waals surface area contributed by atoms with E-state index in [1.807, 2.05) is 55.4 Å². The van der Waals surface area contributed by atoms with Crippen LogP contribution in [0.2, 0.25) is 0 Å². The number of carbonyl (C=O) groups excluding carboxylic acids is 12. The highest BCUT2D eigenvalue weighted by molar-refractivity contribution is 6.00. The lowest BCUT2D eigenvalue weighted by Gasteiger charge is -2.47. The molecule has 12 atom stereocenters. The van der Waals surface area contributed by atoms with Gasteiger partial charge in [0.05, 0.1) is 12.6 Å². The minimum absolute atomic E-state index is 0.00534. The number of carbonyl (C=O) groups is 12. The van der Waals surface area contributed by atoms with Crippen molar-refractivity contribution in [2.75, 3.05) is 55.9 Å². The van der Waals surface area contributed by atoms with Crippen molar-refractivity contribution in [1.82, 2.24) is 55.6 Å². The molecule has 508 valence electrons. The van der Waals surface area contributed by atoms with E-state index < -0.39 is 161 Å². The van der Waals surface area contributed by atoms with E-state index in [9.17, 15) is 43.5 Å². The van der Waals surface area contributed by atoms with Crippen LogP contribution in [0.4, 0.5) is 0 Å². The van der Waals surface area contributed by atoms with Crippen molar-refractivity contribution >= 4 is 70.9 Å². The quantitative estimate of drug-likeness (QED) is 0.110. The van der Waals surface area contributed by atoms with Gasteiger partial charge in [-0.05, 0) is 94.8 Å². The Balaban J connectivity index is 4.51. The van der Waals surface area contributed by atoms with Crippen molar-refractivity contribution in [2.24, 2.45) is 41.4 Å². The van der Waals surface area contributed by atoms with Gasteiger partial charge in [-0.1, -0.05) is 109 Å². The smallest absolute Gasteiger partial charge is 0.305 e. The summed E-state index contributed by atoms with van der Waals surface area (Å²) in [7, 11) is 9.35. The van der Waals surface area contributed by atoms with Crippen molar-refractivity contribution in [2.45, 2.75) is 229 Å². The minimum Gasteiger partial charge on any atom is -0.429 e. The fourth-order valence-corrected chi connectivity index (χ4v) is 11.1. The molecule has 11 amide bonds. The first-order valence-corrected chi connectivity index (χ1v) is 31.6. The van der Waals surface area contributed by atoms with Crippen LogP contribution in [-0.4, -0.2) is 232 Å². The Morgan fingerprint density at radius 2 is 1.00 bits per heavy atom. The molecule has 0 unspecified atom stereocenters. The third-order valence-electron chi connectivity index (χ3n) is 16.6. The van der Waals surface area contributed by atoms with Gasteiger partial charge < -0.3 is 60.5 Å². The van der Waals surface area contributed by atoms with Crippen LogP contribution < -0.4 is 21.3 Å². The lowest BCUT2D eigenvalue weighted by molar-refractivity contribution is -0.210. The molecule has 5 N–H and O–H groups in total. The van der Waals surface area contributed by atoms with Crippen LogP contribution in [0.5, 0.6) is 0 Å². The Labute approximate surface area is 530 Å². The third kappa shape index (κ3) is 21.5. The van der Waals surface area contributed by atoms with Crippen LogP contribution in [0.15, 0.2) is 12.2 Å². The van der Waals surface area contributed by atoms with E-state index in [-0.39, 0.29) is 62.2 Å². The Hall–Kier alpha value is -6.66. The maximum absolute atomic E-state index is 15.7. The lowest BCUT2D eigenvalue weighted by atomic mass is 9.89. The van der Waals surface area contributed by atoms with Crippen molar-refractivity contribution in [3.05, 3.63) is 12.2 Å². The van der Waals surface area contributed by atoms with Crippen molar-refractivity contribution in [1.29, 1.82) is 0 Å². The van der Waals surface area contributed by atoms with Crippen LogP contribution in [0, 0.1) is 41.4 Å². The van der Waals surface area contributed by atoms with Gasteiger partial charge in [-0.3, -0.25) is 62.4 Å². The van der Waals surface area contributed by atoms with Crippen LogP contribution >= 0.6 is 0 Å². The summed E-state index contributed by atoms with van der Waals surface area (Å²) in [4.78, 5) is 183. The molecule has 0 radical (unpaired) electrons. The molecule has 0 bridgehead atoms. The van der Waals surface area contributed by atoms with Gasteiger partial charge in [-0.2, -0.15) is 0 Å². The van der Waals surface area contributed by atoms with E-state index >= 15 is 19.2 Å². The number of amides is 11. The zero-order valence-corrected chi connectivity index (χ0v) is 58.3. The number of rotatable bonds is 16. The number of aliphatic hydroxyl groups excluding tert-OH is 1. The standard InChI is InChI=1S/C64H113N11O14/c1-26-28-29-41(15)53(78)52-57(82)67-45(27-2)59(84)69(19)34-50(77)70(20)46(30-35(3)4)56(81)68-51(39(11)12)62(87)71(21)47(31-36(5)6)55(80)65-42(16)54(79)66-43(17)58(83)72(22)48(32-37(7)8)60(85)73(23)49(33-38(9)10)61(86)75(25)64(40(13)14,89-44(18)76)63(88)74(52)24/h26,28,35-43,45-49,51-53,78H,27,29-34H2,1-25H3,(H,65,80)(H,66,79)(H,67,82)(H,68,81)/b28-26+/t41-,42+,43-,45+,46+,47+,48+,49+,51+,52+,53-,64+/m1/s1. The zero-order chi connectivity index (χ0) is 69.2. The van der Waals surface area contributed by atoms with E-state index in [1.54, 1.807) is 46.8 Å². The van der Waals surface area contributed by atoms with Crippen LogP contribution in [0.1, 0.15) is 163 Å². The van der Waals surface area contributed by atoms with Crippen LogP contribution in [0.25, 0.3) is 0 Å². The molecule has 0 aromatic heterocycles. The number of hydrogen-bond acceptors (Lipinski definition) is 14. The molecule has 0 aromatic rings. The number of ether oxygens (including phenoxy) is 1. The fourth-order valence-electron chi connectivity index (χ4n) is 11.1. The van der Waals surface area contributed by atoms with Crippen LogP contribution in [0.3, 0.4) is 0 Å². The van der Waals surface area contributed by atoms with Crippen molar-refractivity contribution in [3.8, 4) is 0 Å². The number of esters is 1. The molecule has 0 aromatic carbocycles. The number of nitrogens with zero attached hydrogens (tertiary/aromatic N) is 7. The first kappa shape index (κ1) is 80.4. The Kier molecular flexibility index (Phi) is 32.2. The Morgan fingerprint density at radius 3 is 1.45 bits per heavy atom. The highest BCUT2D eigenvalue weighted by atomic mass is 16.6. The first-order valence-electron chi connectivity index (χ1n) is 31.6. The summed E-state index contributed by atoms with van der Waals surface area (Å²) in [5.41, 5.74) is -2.57. The predicted octanol–water partition coefficient (Wildman–Crippen LogP) is 3.16. The molecular formula is C64H113N11O14. The average Bonchev–Trinajstić information content (AvgIpc) is 0.776. The molecule has 89 heavy (non-hydrogen) atoms. The SMILES string of the molecule is C/C=C/C[C@@H](C)[C@@H](O)[C@H]1C(=O)N[C@@H](CC)C(=O)N(C)CC(=O)N(C)[C@@H](CC(C)C)C(=O)N[C@@H](C(C)C)C(=O)N(C)[C@@H](CC(C)C)C(=O)N[C@@H](C)C(=O)N[C@H](C)C(=O)N(C)[C@@H](CC(C)C)C(=O)N(C)[C@@H](CC(C)C)C(=O)N(C)[C@](OC(C)=O)(C(C)C)C(=O)N1C. The van der Waals surface area contributed by atoms with E-state index in [0.29, 0.717) is 0 Å². The third-order valence-corrected chi connectivity index (χ3v) is 16.6. The van der Waals surface area contributed by atoms with Gasteiger partial charge in [0.25, 0.3) is 11.6 Å². The van der Waals surface area contributed by atoms with Crippen molar-refractivity contribution < 1.29 is 67.4 Å². The number of aliphatic hydroxyl groups is 1. The van der Waals surface area contributed by atoms with Crippen LogP contribution in [-0.2, 0) is 62.3 Å². The highest BCUT2D eigenvalue weighted by Crippen LogP contribution is 2.33. The molecule has 1 fully saturated rings. The molecule has 25 nitrogen and oxygen atoms in total. The number of allylic oxidation sites excluding steroid dienone is 2. The molecule has 1 aliphatic rings. The lowest BCUT2D eigenvalue weighted by Crippen LogP contribution is -2.70. The topological polar surface area (TPSA) is 305 Å². The summed E-state index contributed by atoms with van der Waals surface area (Å²) in [6, 6.07) is -11.9. The van der Waals surface area contributed by atoms with Crippen molar-refractivity contribution in [3.63, 3.8) is 0 Å². The predicted molar refractivity (Wildman–Crippen MR) is 339 cm³/mol. The molecule has 25 heteroatoms. The Morgan fingerprint density at radius 1 is 0.562 bits per heavy atom. The fraction of sp³-hybridized carbons (Fsp3) is 0.781. The summed E-state index contributed by atoms with van der Waals surface area (Å²) in [6.07, 6.45) is 2.34. The van der Waals surface area contributed by atoms with E-state index in [4.69, 9.17) is 4.74 Å². The second kappa shape index (κ2) is 35.7. The molecule has 0 spiro atoms. The largest absolute Gasteiger partial charge is 0.429 e. The van der Waals surface area contributed by atoms with Gasteiger partial charge >= 0.3 is 5.97 Å². The van der Waals surface area contributed by atoms with Gasteiger partial charge in [0.1, 0.15) is 54.4 Å². The van der Waals surface area contributed by atoms with Gasteiger partial charge in [-0.25, -0.2) is 0 Å². The summed E-state index contributed by atoms with van der Waals surface area (Å²) >= 11 is 0. The van der Waals surface area contributed by atoms with E-state index in [0.717, 1.165) is 21.6 Å². The van der Waals surface area contributed by atoms with E-state index in [1.165, 1.54) is 96.6 Å². The monoisotopic (exact) mass is 1260 g/mol. The molecule has 1 heterocycles. The zero-order valence-electron chi connectivity index (χ0n) is 58.3. The molecule has 1 aliphatic heterocycles. The van der Waals surface area contributed by atoms with Gasteiger partial charge in [-0.15, -0.1) is 0 Å². The number of nitrogens with one attached hydrogen (secondary N) is 4. The maximum atomic E-state index is 15.7. The van der Waals surface area contributed by atoms with E-state index in [2.05, 4.69) is 21.3 Å². The molecule has 1 saturated heterocycles. The van der Waals surface area contributed by atoms with Gasteiger partial charge in [0.15, 0.2) is 0 Å². The summed E-state index contributed by atoms with van der Waals surface area (Å²) in [5, 5.41) is 23.1. The second-order valence-corrected chi connectivity index (χ2v) is 26.8. The number of likely N-dealkylation sites (N-methyl/N-ethyl adjacent to an activating group) is 7. The maximum Gasteiger partial charge on any atom is 0.305 e. The molecule has 0 saturated carbocycles. The van der Waals surface area contributed by atoms with Gasteiger partial charge in [0.2, 0.25) is 59.1 Å². The highest BCUT2D eigenvalue weighted by Gasteiger charge is 2.56. The molecule has 0 aliphatic carbocycles. The first-order chi connectivity index (χ1) is 41.0. The van der Waals surface area contributed by atoms with Gasteiger partial charge in [0, 0.05) is 62.2 Å². The summed E-state index contributed by atoms with van der Waals surface area (Å²) < 4.78 is 6.01. The summed E-state index contributed by atoms with van der Waals surface area (Å²) in [5.74, 6) is -12.8. The number of hydrogen-bond donors (Lipinski definition) is 5. The normalized spacial score (nSPS) is 27.0. The Bertz CT molecular complexity index is 2500. The summed E-state index contributed by atoms with van der Waals surface area (Å²) in [6.45, 7) is 29.4. The second-order valence-electron chi connectivity index (χ2n) is 26.8. The minimum atomic E-state index is -2.57.